The van der Waals surface area contributed by atoms with Gasteiger partial charge < -0.3 is 20.4 Å². The van der Waals surface area contributed by atoms with E-state index in [9.17, 15) is 9.18 Å². The predicted molar refractivity (Wildman–Crippen MR) is 139 cm³/mol. The normalized spacial score (nSPS) is 17.5. The minimum absolute atomic E-state index is 0. The molecule has 178 valence electrons. The van der Waals surface area contributed by atoms with E-state index in [2.05, 4.69) is 32.7 Å². The minimum atomic E-state index is -0.292. The molecule has 1 atom stereocenters. The third-order valence-corrected chi connectivity index (χ3v) is 5.92. The zero-order valence-electron chi connectivity index (χ0n) is 19.0. The fourth-order valence-electron chi connectivity index (χ4n) is 4.28. The average Bonchev–Trinajstić information content (AvgIpc) is 3.44. The molecule has 7 nitrogen and oxygen atoms in total. The number of hydrogen-bond acceptors (Lipinski definition) is 4. The van der Waals surface area contributed by atoms with Crippen molar-refractivity contribution in [1.29, 1.82) is 0 Å². The van der Waals surface area contributed by atoms with Crippen LogP contribution in [0.25, 0.3) is 0 Å². The third-order valence-electron chi connectivity index (χ3n) is 5.92. The summed E-state index contributed by atoms with van der Waals surface area (Å²) in [6.07, 6.45) is 3.70. The molecule has 0 aliphatic carbocycles. The average molecular weight is 566 g/mol. The number of rotatable bonds is 7. The molecule has 3 heterocycles. The number of aromatic nitrogens is 1. The van der Waals surface area contributed by atoms with Crippen LogP contribution in [0.1, 0.15) is 37.3 Å². The summed E-state index contributed by atoms with van der Waals surface area (Å²) in [5.74, 6) is 1.03. The second-order valence-electron chi connectivity index (χ2n) is 8.27. The van der Waals surface area contributed by atoms with Crippen molar-refractivity contribution < 1.29 is 9.18 Å². The van der Waals surface area contributed by atoms with Gasteiger partial charge in [0.2, 0.25) is 5.91 Å². The Kier molecular flexibility index (Phi) is 9.28. The van der Waals surface area contributed by atoms with Crippen LogP contribution in [0.15, 0.2) is 47.6 Å². The predicted octanol–water partition coefficient (Wildman–Crippen LogP) is 3.30. The summed E-state index contributed by atoms with van der Waals surface area (Å²) >= 11 is 0. The first-order valence-corrected chi connectivity index (χ1v) is 11.4. The Hall–Kier alpha value is -2.43. The summed E-state index contributed by atoms with van der Waals surface area (Å²) in [5, 5.41) is 6.71. The van der Waals surface area contributed by atoms with Crippen LogP contribution in [0.2, 0.25) is 0 Å². The van der Waals surface area contributed by atoms with Gasteiger partial charge in [-0.2, -0.15) is 0 Å². The van der Waals surface area contributed by atoms with Gasteiger partial charge in [0, 0.05) is 57.9 Å². The van der Waals surface area contributed by atoms with E-state index in [4.69, 9.17) is 0 Å². The molecule has 0 radical (unpaired) electrons. The Morgan fingerprint density at radius 2 is 1.97 bits per heavy atom. The molecule has 9 heteroatoms. The van der Waals surface area contributed by atoms with Gasteiger partial charge >= 0.3 is 0 Å². The Labute approximate surface area is 211 Å². The van der Waals surface area contributed by atoms with Crippen molar-refractivity contribution in [2.24, 2.45) is 4.99 Å². The molecular weight excluding hydrogens is 534 g/mol. The smallest absolute Gasteiger partial charge is 0.223 e. The summed E-state index contributed by atoms with van der Waals surface area (Å²) < 4.78 is 14.0. The Morgan fingerprint density at radius 1 is 1.21 bits per heavy atom. The van der Waals surface area contributed by atoms with Crippen LogP contribution in [0.5, 0.6) is 0 Å². The molecule has 1 saturated heterocycles. The maximum absolute atomic E-state index is 14.0. The van der Waals surface area contributed by atoms with E-state index in [1.165, 1.54) is 17.2 Å². The number of carbonyl (C=O) groups is 1. The van der Waals surface area contributed by atoms with Crippen molar-refractivity contribution in [3.63, 3.8) is 0 Å². The fourth-order valence-corrected chi connectivity index (χ4v) is 4.28. The maximum Gasteiger partial charge on any atom is 0.223 e. The van der Waals surface area contributed by atoms with Gasteiger partial charge in [0.05, 0.1) is 0 Å². The highest BCUT2D eigenvalue weighted by Crippen LogP contribution is 2.23. The van der Waals surface area contributed by atoms with Crippen LogP contribution < -0.4 is 15.5 Å². The number of carbonyl (C=O) groups excluding carboxylic acids is 1. The molecule has 0 saturated carbocycles. The molecule has 1 amide bonds. The molecule has 2 aliphatic rings. The lowest BCUT2D eigenvalue weighted by molar-refractivity contribution is -0.131. The number of anilines is 1. The Morgan fingerprint density at radius 3 is 2.67 bits per heavy atom. The number of aliphatic imine (C=N–C) groups is 1. The summed E-state index contributed by atoms with van der Waals surface area (Å²) in [6.45, 7) is 6.18. The van der Waals surface area contributed by atoms with Gasteiger partial charge in [-0.15, -0.1) is 24.0 Å². The lowest BCUT2D eigenvalue weighted by atomic mass is 10.1. The zero-order valence-corrected chi connectivity index (χ0v) is 21.3. The van der Waals surface area contributed by atoms with Crippen LogP contribution in [0.3, 0.4) is 0 Å². The van der Waals surface area contributed by atoms with E-state index in [1.54, 1.807) is 12.3 Å². The molecule has 1 fully saturated rings. The van der Waals surface area contributed by atoms with Crippen LogP contribution in [0.4, 0.5) is 10.2 Å². The molecule has 33 heavy (non-hydrogen) atoms. The molecule has 0 bridgehead atoms. The van der Waals surface area contributed by atoms with Crippen molar-refractivity contribution in [1.82, 2.24) is 20.5 Å². The molecule has 1 unspecified atom stereocenters. The number of pyridine rings is 1. The maximum atomic E-state index is 14.0. The summed E-state index contributed by atoms with van der Waals surface area (Å²) in [5.41, 5.74) is 2.49. The number of nitrogens with one attached hydrogen (secondary N) is 2. The highest BCUT2D eigenvalue weighted by Gasteiger charge is 2.26. The van der Waals surface area contributed by atoms with Gasteiger partial charge in [-0.3, -0.25) is 9.79 Å². The lowest BCUT2D eigenvalue weighted by Gasteiger charge is -2.20. The number of nitrogens with zero attached hydrogens (tertiary/aromatic N) is 4. The van der Waals surface area contributed by atoms with Crippen LogP contribution >= 0.6 is 24.0 Å². The summed E-state index contributed by atoms with van der Waals surface area (Å²) in [4.78, 5) is 25.3. The van der Waals surface area contributed by atoms with Crippen LogP contribution in [-0.2, 0) is 17.9 Å². The monoisotopic (exact) mass is 566 g/mol. The van der Waals surface area contributed by atoms with Crippen molar-refractivity contribution in [3.05, 3.63) is 59.5 Å². The van der Waals surface area contributed by atoms with Gasteiger partial charge in [-0.05, 0) is 43.0 Å². The fraction of sp³-hybridized carbons (Fsp3) is 0.458. The highest BCUT2D eigenvalue weighted by atomic mass is 127. The van der Waals surface area contributed by atoms with Crippen molar-refractivity contribution in [2.75, 3.05) is 31.1 Å². The van der Waals surface area contributed by atoms with Crippen molar-refractivity contribution in [2.45, 2.75) is 45.3 Å². The standard InChI is InChI=1S/C24H31FN6O.HI/c1-2-26-24(29-20-11-14-30(17-20)23-21(25)9-5-12-27-23)28-13-6-10-22(32)31-15-18-7-3-4-8-19(18)16-31;/h3-5,7-9,12,20H,2,6,10-11,13-17H2,1H3,(H2,26,28,29);1H. The van der Waals surface area contributed by atoms with Crippen LogP contribution in [-0.4, -0.2) is 54.0 Å². The molecular formula is C24H32FIN6O. The first kappa shape index (κ1) is 25.2. The highest BCUT2D eigenvalue weighted by molar-refractivity contribution is 14.0. The molecule has 1 aromatic carbocycles. The van der Waals surface area contributed by atoms with Gasteiger partial charge in [-0.25, -0.2) is 9.37 Å². The van der Waals surface area contributed by atoms with Gasteiger partial charge in [0.1, 0.15) is 0 Å². The third kappa shape index (κ3) is 6.55. The first-order chi connectivity index (χ1) is 15.6. The number of guanidine groups is 1. The molecule has 2 aliphatic heterocycles. The molecule has 0 spiro atoms. The molecule has 2 N–H and O–H groups in total. The second kappa shape index (κ2) is 12.2. The lowest BCUT2D eigenvalue weighted by Crippen LogP contribution is -2.44. The number of hydrogen-bond donors (Lipinski definition) is 2. The quantitative estimate of drug-likeness (QED) is 0.233. The van der Waals surface area contributed by atoms with E-state index in [0.29, 0.717) is 44.8 Å². The second-order valence-corrected chi connectivity index (χ2v) is 8.27. The van der Waals surface area contributed by atoms with Crippen LogP contribution in [0, 0.1) is 5.82 Å². The number of fused-ring (bicyclic) bond motifs is 1. The van der Waals surface area contributed by atoms with Crippen molar-refractivity contribution in [3.8, 4) is 0 Å². The zero-order chi connectivity index (χ0) is 22.3. The van der Waals surface area contributed by atoms with Crippen molar-refractivity contribution >= 4 is 41.7 Å². The molecule has 2 aromatic rings. The summed E-state index contributed by atoms with van der Waals surface area (Å²) in [7, 11) is 0. The number of amides is 1. The van der Waals surface area contributed by atoms with E-state index in [0.717, 1.165) is 25.5 Å². The number of halogens is 2. The SMILES string of the molecule is CCNC(=NCCCC(=O)N1Cc2ccccc2C1)NC1CCN(c2ncccc2F)C1.I. The van der Waals surface area contributed by atoms with E-state index in [1.807, 2.05) is 28.9 Å². The van der Waals surface area contributed by atoms with Gasteiger partial charge in [0.25, 0.3) is 0 Å². The van der Waals surface area contributed by atoms with E-state index in [-0.39, 0.29) is 41.7 Å². The topological polar surface area (TPSA) is 72.9 Å². The van der Waals surface area contributed by atoms with E-state index < -0.39 is 0 Å². The summed E-state index contributed by atoms with van der Waals surface area (Å²) in [6, 6.07) is 11.4. The molecule has 1 aromatic heterocycles. The minimum Gasteiger partial charge on any atom is -0.357 e. The Bertz CT molecular complexity index is 946. The van der Waals surface area contributed by atoms with Gasteiger partial charge in [-0.1, -0.05) is 24.3 Å². The first-order valence-electron chi connectivity index (χ1n) is 11.4. The Balaban J connectivity index is 0.00000306. The van der Waals surface area contributed by atoms with Gasteiger partial charge in [0.15, 0.2) is 17.6 Å². The largest absolute Gasteiger partial charge is 0.357 e. The number of benzene rings is 1. The molecule has 4 rings (SSSR count). The van der Waals surface area contributed by atoms with E-state index >= 15 is 0 Å².